The van der Waals surface area contributed by atoms with Crippen LogP contribution in [0.5, 0.6) is 0 Å². The van der Waals surface area contributed by atoms with Crippen LogP contribution in [0.1, 0.15) is 15.9 Å². The smallest absolute Gasteiger partial charge is 0.194 e. The highest BCUT2D eigenvalue weighted by Crippen LogP contribution is 2.32. The predicted octanol–water partition coefficient (Wildman–Crippen LogP) is 4.05. The molecule has 0 aliphatic heterocycles. The summed E-state index contributed by atoms with van der Waals surface area (Å²) >= 11 is 5.90. The molecule has 0 N–H and O–H groups in total. The molecule has 1 aromatic heterocycles. The van der Waals surface area contributed by atoms with Crippen molar-refractivity contribution in [1.29, 1.82) is 0 Å². The molecule has 0 radical (unpaired) electrons. The Kier molecular flexibility index (Phi) is 3.10. The fraction of sp³-hybridized carbons (Fsp3) is 0. The summed E-state index contributed by atoms with van der Waals surface area (Å²) in [7, 11) is 0. The van der Waals surface area contributed by atoms with Crippen LogP contribution in [0.4, 0.5) is 0 Å². The van der Waals surface area contributed by atoms with E-state index in [9.17, 15) is 9.59 Å². The number of rotatable bonds is 1. The summed E-state index contributed by atoms with van der Waals surface area (Å²) in [4.78, 5) is 29.0. The molecule has 4 heteroatoms. The van der Waals surface area contributed by atoms with Crippen molar-refractivity contribution in [1.82, 2.24) is 4.98 Å². The first-order chi connectivity index (χ1) is 11.1. The molecular weight excluding hydrogens is 310 g/mol. The second-order valence-corrected chi connectivity index (χ2v) is 5.79. The molecule has 4 rings (SSSR count). The van der Waals surface area contributed by atoms with Gasteiger partial charge in [-0.3, -0.25) is 14.6 Å². The molecule has 0 unspecified atom stereocenters. The van der Waals surface area contributed by atoms with Crippen molar-refractivity contribution in [3.8, 4) is 11.3 Å². The maximum Gasteiger partial charge on any atom is 0.194 e. The van der Waals surface area contributed by atoms with Crippen molar-refractivity contribution in [3.05, 3.63) is 82.1 Å². The third-order valence-electron chi connectivity index (χ3n) is 3.93. The third-order valence-corrected chi connectivity index (χ3v) is 4.18. The minimum absolute atomic E-state index is 0.146. The summed E-state index contributed by atoms with van der Waals surface area (Å²) in [5.74, 6) is -0.295. The number of carbonyl (C=O) groups excluding carboxylic acids is 2. The highest BCUT2D eigenvalue weighted by atomic mass is 35.5. The lowest BCUT2D eigenvalue weighted by Gasteiger charge is -2.19. The van der Waals surface area contributed by atoms with Gasteiger partial charge >= 0.3 is 0 Å². The summed E-state index contributed by atoms with van der Waals surface area (Å²) in [5, 5.41) is 0.646. The van der Waals surface area contributed by atoms with Crippen LogP contribution in [0.25, 0.3) is 17.3 Å². The molecule has 2 aliphatic carbocycles. The van der Waals surface area contributed by atoms with Crippen LogP contribution in [0.15, 0.2) is 65.9 Å². The zero-order chi connectivity index (χ0) is 16.0. The van der Waals surface area contributed by atoms with Gasteiger partial charge in [-0.1, -0.05) is 35.9 Å². The van der Waals surface area contributed by atoms with Crippen LogP contribution in [0, 0.1) is 0 Å². The van der Waals surface area contributed by atoms with E-state index in [2.05, 4.69) is 4.98 Å². The van der Waals surface area contributed by atoms with Gasteiger partial charge in [0.1, 0.15) is 0 Å². The number of benzene rings is 1. The molecule has 0 saturated heterocycles. The van der Waals surface area contributed by atoms with E-state index in [4.69, 9.17) is 11.6 Å². The summed E-state index contributed by atoms with van der Waals surface area (Å²) in [6.07, 6.45) is 8.11. The quantitative estimate of drug-likeness (QED) is 0.796. The van der Waals surface area contributed by atoms with Crippen LogP contribution in [0.3, 0.4) is 0 Å². The van der Waals surface area contributed by atoms with Gasteiger partial charge in [0.25, 0.3) is 0 Å². The van der Waals surface area contributed by atoms with E-state index in [1.165, 1.54) is 6.08 Å². The molecule has 23 heavy (non-hydrogen) atoms. The maximum absolute atomic E-state index is 12.7. The highest BCUT2D eigenvalue weighted by molar-refractivity contribution is 6.30. The number of ketones is 2. The van der Waals surface area contributed by atoms with Crippen LogP contribution in [-0.4, -0.2) is 16.6 Å². The van der Waals surface area contributed by atoms with Gasteiger partial charge in [0, 0.05) is 39.1 Å². The van der Waals surface area contributed by atoms with Crippen LogP contribution in [0.2, 0.25) is 5.02 Å². The maximum atomic E-state index is 12.7. The molecule has 110 valence electrons. The van der Waals surface area contributed by atoms with Crippen molar-refractivity contribution in [2.24, 2.45) is 0 Å². The monoisotopic (exact) mass is 319 g/mol. The van der Waals surface area contributed by atoms with Gasteiger partial charge in [0.15, 0.2) is 11.6 Å². The van der Waals surface area contributed by atoms with E-state index in [1.54, 1.807) is 42.6 Å². The van der Waals surface area contributed by atoms with Crippen molar-refractivity contribution in [2.45, 2.75) is 0 Å². The van der Waals surface area contributed by atoms with Crippen LogP contribution >= 0.6 is 11.6 Å². The van der Waals surface area contributed by atoms with Gasteiger partial charge in [-0.05, 0) is 30.4 Å². The molecule has 0 atom stereocenters. The molecule has 0 bridgehead atoms. The van der Waals surface area contributed by atoms with Gasteiger partial charge in [0.05, 0.1) is 5.69 Å². The minimum Gasteiger partial charge on any atom is -0.289 e. The standard InChI is InChI=1S/C19H10ClNO2/c20-13-6-4-11(5-7-13)17-9-15-12(10-21-17)8-16-14(19(15)23)2-1-3-18(16)22/h1-10H. The first-order valence-corrected chi connectivity index (χ1v) is 7.47. The van der Waals surface area contributed by atoms with Gasteiger partial charge in [-0.25, -0.2) is 0 Å². The Hall–Kier alpha value is -2.78. The molecule has 2 aliphatic rings. The van der Waals surface area contributed by atoms with Gasteiger partial charge < -0.3 is 0 Å². The minimum atomic E-state index is -0.150. The zero-order valence-corrected chi connectivity index (χ0v) is 12.7. The lowest BCUT2D eigenvalue weighted by atomic mass is 9.83. The Morgan fingerprint density at radius 3 is 2.57 bits per heavy atom. The van der Waals surface area contributed by atoms with E-state index in [1.807, 2.05) is 12.1 Å². The number of carbonyl (C=O) groups is 2. The van der Waals surface area contributed by atoms with Crippen molar-refractivity contribution in [2.75, 3.05) is 0 Å². The van der Waals surface area contributed by atoms with Gasteiger partial charge in [0.2, 0.25) is 0 Å². The number of pyridine rings is 1. The van der Waals surface area contributed by atoms with Crippen molar-refractivity contribution >= 4 is 29.2 Å². The summed E-state index contributed by atoms with van der Waals surface area (Å²) < 4.78 is 0. The Morgan fingerprint density at radius 2 is 1.78 bits per heavy atom. The predicted molar refractivity (Wildman–Crippen MR) is 89.2 cm³/mol. The number of hydrogen-bond acceptors (Lipinski definition) is 3. The molecule has 0 saturated carbocycles. The van der Waals surface area contributed by atoms with E-state index >= 15 is 0 Å². The van der Waals surface area contributed by atoms with E-state index in [0.717, 1.165) is 5.56 Å². The molecular formula is C19H10ClNO2. The Balaban J connectivity index is 1.85. The number of nitrogens with zero attached hydrogens (tertiary/aromatic N) is 1. The molecule has 0 amide bonds. The first-order valence-electron chi connectivity index (χ1n) is 7.09. The largest absolute Gasteiger partial charge is 0.289 e. The fourth-order valence-corrected chi connectivity index (χ4v) is 2.87. The van der Waals surface area contributed by atoms with Crippen molar-refractivity contribution in [3.63, 3.8) is 0 Å². The van der Waals surface area contributed by atoms with Gasteiger partial charge in [-0.15, -0.1) is 0 Å². The Morgan fingerprint density at radius 1 is 1.00 bits per heavy atom. The molecule has 0 spiro atoms. The SMILES string of the molecule is O=C1C=CC=C2C(=O)c3cc(-c4ccc(Cl)cc4)ncc3C=C12. The number of fused-ring (bicyclic) bond motifs is 2. The zero-order valence-electron chi connectivity index (χ0n) is 11.9. The highest BCUT2D eigenvalue weighted by Gasteiger charge is 2.28. The normalized spacial score (nSPS) is 15.7. The number of aromatic nitrogens is 1. The Bertz CT molecular complexity index is 950. The molecule has 1 aromatic carbocycles. The lowest BCUT2D eigenvalue weighted by molar-refractivity contribution is -0.111. The lowest BCUT2D eigenvalue weighted by Crippen LogP contribution is -2.18. The second kappa shape index (κ2) is 5.14. The summed E-state index contributed by atoms with van der Waals surface area (Å²) in [6, 6.07) is 9.04. The van der Waals surface area contributed by atoms with E-state index < -0.39 is 0 Å². The third kappa shape index (κ3) is 2.26. The number of hydrogen-bond donors (Lipinski definition) is 0. The topological polar surface area (TPSA) is 47.0 Å². The number of Topliss-reactive ketones (excluding diaryl/α,β-unsaturated/α-hetero) is 1. The summed E-state index contributed by atoms with van der Waals surface area (Å²) in [6.45, 7) is 0. The van der Waals surface area contributed by atoms with Crippen molar-refractivity contribution < 1.29 is 9.59 Å². The summed E-state index contributed by atoms with van der Waals surface area (Å²) in [5.41, 5.74) is 3.69. The van der Waals surface area contributed by atoms with Crippen LogP contribution < -0.4 is 0 Å². The van der Waals surface area contributed by atoms with E-state index in [-0.39, 0.29) is 11.6 Å². The average Bonchev–Trinajstić information content (AvgIpc) is 2.57. The van der Waals surface area contributed by atoms with Gasteiger partial charge in [-0.2, -0.15) is 0 Å². The average molecular weight is 320 g/mol. The Labute approximate surface area is 137 Å². The number of halogens is 1. The first kappa shape index (κ1) is 13.9. The second-order valence-electron chi connectivity index (χ2n) is 5.35. The number of allylic oxidation sites excluding steroid dienone is 5. The molecule has 1 heterocycles. The molecule has 0 fully saturated rings. The molecule has 2 aromatic rings. The van der Waals surface area contributed by atoms with Crippen LogP contribution in [-0.2, 0) is 4.79 Å². The van der Waals surface area contributed by atoms with E-state index in [0.29, 0.717) is 33.0 Å². The molecule has 3 nitrogen and oxygen atoms in total. The fourth-order valence-electron chi connectivity index (χ4n) is 2.75.